The van der Waals surface area contributed by atoms with Crippen molar-refractivity contribution in [2.45, 2.75) is 25.3 Å². The number of carbonyl (C=O) groups is 1. The molecule has 1 amide bonds. The Hall–Kier alpha value is -0.610. The molecule has 4 heteroatoms. The smallest absolute Gasteiger partial charge is 0.239 e. The zero-order valence-corrected chi connectivity index (χ0v) is 9.18. The summed E-state index contributed by atoms with van der Waals surface area (Å²) in [7, 11) is 3.78. The zero-order chi connectivity index (χ0) is 10.4. The molecular weight excluding hydrogens is 178 g/mol. The van der Waals surface area contributed by atoms with Crippen molar-refractivity contribution in [2.24, 2.45) is 0 Å². The second kappa shape index (κ2) is 5.98. The molecule has 1 atom stereocenters. The number of rotatable bonds is 4. The minimum atomic E-state index is 0.0364. The molecule has 1 rings (SSSR count). The van der Waals surface area contributed by atoms with Crippen LogP contribution in [0.25, 0.3) is 0 Å². The largest absolute Gasteiger partial charge is 0.340 e. The van der Waals surface area contributed by atoms with Crippen molar-refractivity contribution >= 4 is 5.91 Å². The molecule has 1 aliphatic rings. The van der Waals surface area contributed by atoms with Gasteiger partial charge in [-0.2, -0.15) is 0 Å². The van der Waals surface area contributed by atoms with Gasteiger partial charge in [0.2, 0.25) is 5.91 Å². The van der Waals surface area contributed by atoms with Crippen LogP contribution >= 0.6 is 0 Å². The maximum absolute atomic E-state index is 11.9. The molecule has 0 aliphatic carbocycles. The third-order valence-corrected chi connectivity index (χ3v) is 2.76. The highest BCUT2D eigenvalue weighted by Gasteiger charge is 2.24. The third kappa shape index (κ3) is 2.96. The van der Waals surface area contributed by atoms with Crippen molar-refractivity contribution in [1.29, 1.82) is 0 Å². The highest BCUT2D eigenvalue weighted by atomic mass is 16.2. The van der Waals surface area contributed by atoms with Crippen molar-refractivity contribution < 1.29 is 4.79 Å². The summed E-state index contributed by atoms with van der Waals surface area (Å²) in [5.41, 5.74) is 0. The fourth-order valence-corrected chi connectivity index (χ4v) is 1.84. The lowest BCUT2D eigenvalue weighted by Gasteiger charge is -2.23. The quantitative estimate of drug-likeness (QED) is 0.659. The fourth-order valence-electron chi connectivity index (χ4n) is 1.84. The van der Waals surface area contributed by atoms with Gasteiger partial charge in [-0.15, -0.1) is 0 Å². The molecule has 1 unspecified atom stereocenters. The van der Waals surface area contributed by atoms with E-state index in [4.69, 9.17) is 0 Å². The average molecular weight is 199 g/mol. The van der Waals surface area contributed by atoms with Gasteiger partial charge in [0.25, 0.3) is 0 Å². The van der Waals surface area contributed by atoms with Crippen molar-refractivity contribution in [3.8, 4) is 0 Å². The van der Waals surface area contributed by atoms with Crippen LogP contribution in [0.1, 0.15) is 19.3 Å². The number of nitrogens with zero attached hydrogens (tertiary/aromatic N) is 1. The third-order valence-electron chi connectivity index (χ3n) is 2.76. The Morgan fingerprint density at radius 3 is 2.86 bits per heavy atom. The van der Waals surface area contributed by atoms with Gasteiger partial charge in [0.1, 0.15) is 0 Å². The van der Waals surface area contributed by atoms with Crippen LogP contribution in [0.4, 0.5) is 0 Å². The molecule has 1 aliphatic heterocycles. The Bertz CT molecular complexity index is 184. The van der Waals surface area contributed by atoms with Gasteiger partial charge in [0.05, 0.1) is 6.04 Å². The maximum Gasteiger partial charge on any atom is 0.239 e. The Morgan fingerprint density at radius 2 is 2.21 bits per heavy atom. The van der Waals surface area contributed by atoms with E-state index in [1.807, 2.05) is 19.0 Å². The zero-order valence-electron chi connectivity index (χ0n) is 9.18. The minimum absolute atomic E-state index is 0.0364. The Morgan fingerprint density at radius 1 is 1.43 bits per heavy atom. The molecule has 1 saturated heterocycles. The Kier molecular flexibility index (Phi) is 4.90. The summed E-state index contributed by atoms with van der Waals surface area (Å²) in [4.78, 5) is 13.9. The maximum atomic E-state index is 11.9. The summed E-state index contributed by atoms with van der Waals surface area (Å²) < 4.78 is 0. The van der Waals surface area contributed by atoms with E-state index in [1.54, 1.807) is 0 Å². The predicted octanol–water partition coefficient (Wildman–Crippen LogP) is -0.194. The predicted molar refractivity (Wildman–Crippen MR) is 57.2 cm³/mol. The number of likely N-dealkylation sites (N-methyl/N-ethyl adjacent to an activating group) is 2. The monoisotopic (exact) mass is 199 g/mol. The van der Waals surface area contributed by atoms with Crippen LogP contribution in [0, 0.1) is 0 Å². The molecule has 0 aromatic carbocycles. The van der Waals surface area contributed by atoms with Crippen LogP contribution in [0.3, 0.4) is 0 Å². The number of hydrogen-bond donors (Lipinski definition) is 2. The van der Waals surface area contributed by atoms with E-state index in [0.717, 1.165) is 38.9 Å². The summed E-state index contributed by atoms with van der Waals surface area (Å²) in [6, 6.07) is 0.0364. The van der Waals surface area contributed by atoms with Crippen LogP contribution in [0.5, 0.6) is 0 Å². The van der Waals surface area contributed by atoms with Crippen molar-refractivity contribution in [3.63, 3.8) is 0 Å². The van der Waals surface area contributed by atoms with E-state index in [0.29, 0.717) is 0 Å². The topological polar surface area (TPSA) is 44.4 Å². The second-order valence-corrected chi connectivity index (χ2v) is 3.77. The lowest BCUT2D eigenvalue weighted by molar-refractivity contribution is -0.132. The first-order chi connectivity index (χ1) is 6.79. The van der Waals surface area contributed by atoms with Crippen molar-refractivity contribution in [3.05, 3.63) is 0 Å². The number of carbonyl (C=O) groups excluding carboxylic acids is 1. The van der Waals surface area contributed by atoms with Gasteiger partial charge >= 0.3 is 0 Å². The van der Waals surface area contributed by atoms with Gasteiger partial charge in [0.15, 0.2) is 0 Å². The highest BCUT2D eigenvalue weighted by molar-refractivity contribution is 5.82. The first-order valence-corrected chi connectivity index (χ1v) is 5.40. The van der Waals surface area contributed by atoms with Crippen LogP contribution in [0.2, 0.25) is 0 Å². The number of amides is 1. The number of nitrogens with one attached hydrogen (secondary N) is 2. The summed E-state index contributed by atoms with van der Waals surface area (Å²) in [6.45, 7) is 2.62. The second-order valence-electron chi connectivity index (χ2n) is 3.77. The first-order valence-electron chi connectivity index (χ1n) is 5.40. The van der Waals surface area contributed by atoms with E-state index in [2.05, 4.69) is 10.6 Å². The van der Waals surface area contributed by atoms with Crippen molar-refractivity contribution in [1.82, 2.24) is 15.5 Å². The van der Waals surface area contributed by atoms with E-state index >= 15 is 0 Å². The lowest BCUT2D eigenvalue weighted by Crippen LogP contribution is -2.45. The molecule has 4 nitrogen and oxygen atoms in total. The van der Waals surface area contributed by atoms with Gasteiger partial charge in [0, 0.05) is 19.6 Å². The van der Waals surface area contributed by atoms with Crippen molar-refractivity contribution in [2.75, 3.05) is 33.7 Å². The number of hydrogen-bond acceptors (Lipinski definition) is 3. The summed E-state index contributed by atoms with van der Waals surface area (Å²) in [5.74, 6) is 0.264. The van der Waals surface area contributed by atoms with E-state index in [-0.39, 0.29) is 11.9 Å². The summed E-state index contributed by atoms with van der Waals surface area (Å²) in [6.07, 6.45) is 3.26. The molecule has 0 spiro atoms. The molecule has 82 valence electrons. The molecular formula is C10H21N3O. The highest BCUT2D eigenvalue weighted by Crippen LogP contribution is 2.11. The molecule has 0 bridgehead atoms. The number of likely N-dealkylation sites (tertiary alicyclic amines) is 1. The van der Waals surface area contributed by atoms with E-state index in [1.165, 1.54) is 0 Å². The molecule has 0 aromatic heterocycles. The molecule has 0 radical (unpaired) electrons. The van der Waals surface area contributed by atoms with Crippen LogP contribution in [-0.2, 0) is 4.79 Å². The van der Waals surface area contributed by atoms with Crippen LogP contribution < -0.4 is 10.6 Å². The summed E-state index contributed by atoms with van der Waals surface area (Å²) in [5, 5.41) is 6.16. The van der Waals surface area contributed by atoms with E-state index < -0.39 is 0 Å². The normalized spacial score (nSPS) is 23.7. The molecule has 1 fully saturated rings. The van der Waals surface area contributed by atoms with Gasteiger partial charge in [-0.05, 0) is 33.4 Å². The van der Waals surface area contributed by atoms with Gasteiger partial charge in [-0.1, -0.05) is 0 Å². The lowest BCUT2D eigenvalue weighted by atomic mass is 10.1. The molecule has 1 heterocycles. The Labute approximate surface area is 86.0 Å². The minimum Gasteiger partial charge on any atom is -0.340 e. The van der Waals surface area contributed by atoms with Crippen LogP contribution in [0.15, 0.2) is 0 Å². The summed E-state index contributed by atoms with van der Waals surface area (Å²) >= 11 is 0. The molecule has 2 N–H and O–H groups in total. The van der Waals surface area contributed by atoms with Gasteiger partial charge < -0.3 is 15.5 Å². The molecule has 0 aromatic rings. The van der Waals surface area contributed by atoms with Crippen LogP contribution in [-0.4, -0.2) is 50.6 Å². The first kappa shape index (κ1) is 11.5. The standard InChI is InChI=1S/C10H21N3O/c1-11-6-8-13-7-4-3-5-9(12-2)10(13)14/h9,11-12H,3-8H2,1-2H3. The SMILES string of the molecule is CNCCN1CCCCC(NC)C1=O. The average Bonchev–Trinajstić information content (AvgIpc) is 2.38. The fraction of sp³-hybridized carbons (Fsp3) is 0.900. The van der Waals surface area contributed by atoms with Gasteiger partial charge in [-0.3, -0.25) is 4.79 Å². The van der Waals surface area contributed by atoms with Gasteiger partial charge in [-0.25, -0.2) is 0 Å². The molecule has 14 heavy (non-hydrogen) atoms. The molecule has 0 saturated carbocycles. The van der Waals surface area contributed by atoms with E-state index in [9.17, 15) is 4.79 Å². The Balaban J connectivity index is 2.49.